The smallest absolute Gasteiger partial charge is 0.261 e. The molecule has 0 saturated heterocycles. The predicted octanol–water partition coefficient (Wildman–Crippen LogP) is 7.52. The Labute approximate surface area is 217 Å². The van der Waals surface area contributed by atoms with Gasteiger partial charge in [-0.1, -0.05) is 80.6 Å². The summed E-state index contributed by atoms with van der Waals surface area (Å²) in [6.07, 6.45) is 4.88. The van der Waals surface area contributed by atoms with Crippen molar-refractivity contribution in [2.45, 2.75) is 44.1 Å². The van der Waals surface area contributed by atoms with E-state index >= 15 is 0 Å². The summed E-state index contributed by atoms with van der Waals surface area (Å²) >= 11 is 3.39. The fourth-order valence-electron chi connectivity index (χ4n) is 3.83. The lowest BCUT2D eigenvalue weighted by molar-refractivity contribution is 0.0984. The Morgan fingerprint density at radius 3 is 2.17 bits per heavy atom. The topological polar surface area (TPSA) is 47.6 Å². The van der Waals surface area contributed by atoms with Crippen LogP contribution in [0.4, 0.5) is 0 Å². The van der Waals surface area contributed by atoms with Crippen LogP contribution in [0.25, 0.3) is 11.1 Å². The van der Waals surface area contributed by atoms with Gasteiger partial charge in [0.2, 0.25) is 0 Å². The van der Waals surface area contributed by atoms with Crippen LogP contribution in [-0.4, -0.2) is 24.9 Å². The number of rotatable bonds is 12. The molecule has 1 aliphatic rings. The number of carbonyl (C=O) groups is 1. The minimum atomic E-state index is -0.0113. The zero-order valence-corrected chi connectivity index (χ0v) is 21.9. The molecule has 4 rings (SSSR count). The van der Waals surface area contributed by atoms with Crippen molar-refractivity contribution in [3.05, 3.63) is 83.4 Å². The summed E-state index contributed by atoms with van der Waals surface area (Å²) in [5, 5.41) is 0. The SMILES string of the molecule is CCCCCCSNC(=O)c1ccc(CSCc2ccc(-c3ccc4c(c3)OCCO4)cc2)cc1. The standard InChI is InChI=1S/C29H33NO3S2/c1-2-3-4-5-18-35-30-29(31)25-12-8-23(9-13-25)21-34-20-22-6-10-24(11-7-22)26-14-15-27-28(19-26)33-17-16-32-27/h6-15,19H,2-5,16-18,20-21H2,1H3,(H,30,31). The number of amides is 1. The van der Waals surface area contributed by atoms with Crippen molar-refractivity contribution in [2.75, 3.05) is 19.0 Å². The van der Waals surface area contributed by atoms with Gasteiger partial charge in [0, 0.05) is 22.8 Å². The molecule has 3 aromatic rings. The third kappa shape index (κ3) is 7.71. The van der Waals surface area contributed by atoms with Crippen LogP contribution in [0.2, 0.25) is 0 Å². The normalized spacial score (nSPS) is 12.4. The number of benzene rings is 3. The number of nitrogens with one attached hydrogen (secondary N) is 1. The Kier molecular flexibility index (Phi) is 9.84. The van der Waals surface area contributed by atoms with E-state index < -0.39 is 0 Å². The number of carbonyl (C=O) groups excluding carboxylic acids is 1. The highest BCUT2D eigenvalue weighted by Gasteiger charge is 2.12. The molecule has 1 aliphatic heterocycles. The van der Waals surface area contributed by atoms with Gasteiger partial charge in [0.15, 0.2) is 11.5 Å². The minimum Gasteiger partial charge on any atom is -0.486 e. The molecule has 6 heteroatoms. The highest BCUT2D eigenvalue weighted by Crippen LogP contribution is 2.34. The number of hydrogen-bond acceptors (Lipinski definition) is 5. The molecule has 0 aromatic heterocycles. The number of ether oxygens (including phenoxy) is 2. The summed E-state index contributed by atoms with van der Waals surface area (Å²) in [5.74, 6) is 4.45. The first-order valence-corrected chi connectivity index (χ1v) is 14.4. The van der Waals surface area contributed by atoms with E-state index in [1.807, 2.05) is 30.0 Å². The molecule has 0 spiro atoms. The lowest BCUT2D eigenvalue weighted by Crippen LogP contribution is -2.16. The maximum atomic E-state index is 12.3. The molecule has 184 valence electrons. The van der Waals surface area contributed by atoms with Gasteiger partial charge in [0.25, 0.3) is 5.91 Å². The zero-order valence-electron chi connectivity index (χ0n) is 20.3. The van der Waals surface area contributed by atoms with Crippen molar-refractivity contribution >= 4 is 29.6 Å². The number of hydrogen-bond donors (Lipinski definition) is 1. The molecule has 0 aliphatic carbocycles. The second kappa shape index (κ2) is 13.5. The van der Waals surface area contributed by atoms with Crippen LogP contribution in [0.3, 0.4) is 0 Å². The molecule has 35 heavy (non-hydrogen) atoms. The molecule has 1 heterocycles. The fourth-order valence-corrected chi connectivity index (χ4v) is 5.49. The number of fused-ring (bicyclic) bond motifs is 1. The Morgan fingerprint density at radius 1 is 0.800 bits per heavy atom. The van der Waals surface area contributed by atoms with Gasteiger partial charge in [0.05, 0.1) is 0 Å². The van der Waals surface area contributed by atoms with Gasteiger partial charge in [-0.3, -0.25) is 9.52 Å². The van der Waals surface area contributed by atoms with Crippen LogP contribution in [-0.2, 0) is 11.5 Å². The second-order valence-electron chi connectivity index (χ2n) is 8.59. The van der Waals surface area contributed by atoms with Crippen molar-refractivity contribution in [3.63, 3.8) is 0 Å². The predicted molar refractivity (Wildman–Crippen MR) is 148 cm³/mol. The van der Waals surface area contributed by atoms with Gasteiger partial charge in [0.1, 0.15) is 13.2 Å². The van der Waals surface area contributed by atoms with E-state index in [9.17, 15) is 4.79 Å². The molecular weight excluding hydrogens is 474 g/mol. The van der Waals surface area contributed by atoms with Gasteiger partial charge in [-0.25, -0.2) is 0 Å². The average molecular weight is 508 g/mol. The van der Waals surface area contributed by atoms with E-state index in [1.165, 1.54) is 47.9 Å². The largest absolute Gasteiger partial charge is 0.486 e. The van der Waals surface area contributed by atoms with Crippen molar-refractivity contribution in [3.8, 4) is 22.6 Å². The second-order valence-corrected chi connectivity index (χ2v) is 10.5. The Bertz CT molecular complexity index is 1080. The molecule has 0 saturated carbocycles. The molecule has 4 nitrogen and oxygen atoms in total. The van der Waals surface area contributed by atoms with Crippen molar-refractivity contribution in [1.29, 1.82) is 0 Å². The summed E-state index contributed by atoms with van der Waals surface area (Å²) in [5.41, 5.74) is 5.54. The summed E-state index contributed by atoms with van der Waals surface area (Å²) in [7, 11) is 0. The molecule has 1 N–H and O–H groups in total. The van der Waals surface area contributed by atoms with E-state index in [0.717, 1.165) is 46.3 Å². The molecule has 0 bridgehead atoms. The molecule has 0 radical (unpaired) electrons. The zero-order chi connectivity index (χ0) is 24.3. The lowest BCUT2D eigenvalue weighted by atomic mass is 10.0. The fraction of sp³-hybridized carbons (Fsp3) is 0.345. The summed E-state index contributed by atoms with van der Waals surface area (Å²) in [6, 6.07) is 22.8. The summed E-state index contributed by atoms with van der Waals surface area (Å²) in [6.45, 7) is 3.41. The molecule has 3 aromatic carbocycles. The Morgan fingerprint density at radius 2 is 1.46 bits per heavy atom. The van der Waals surface area contributed by atoms with Crippen molar-refractivity contribution < 1.29 is 14.3 Å². The lowest BCUT2D eigenvalue weighted by Gasteiger charge is -2.19. The first-order valence-electron chi connectivity index (χ1n) is 12.3. The maximum Gasteiger partial charge on any atom is 0.261 e. The van der Waals surface area contributed by atoms with Crippen LogP contribution in [0.1, 0.15) is 54.1 Å². The molecule has 0 unspecified atom stereocenters. The third-order valence-corrected chi connectivity index (χ3v) is 7.75. The monoisotopic (exact) mass is 507 g/mol. The van der Waals surface area contributed by atoms with Crippen molar-refractivity contribution in [2.24, 2.45) is 0 Å². The van der Waals surface area contributed by atoms with E-state index in [4.69, 9.17) is 9.47 Å². The first kappa shape index (κ1) is 25.5. The first-order chi connectivity index (χ1) is 17.2. The van der Waals surface area contributed by atoms with Gasteiger partial charge < -0.3 is 9.47 Å². The van der Waals surface area contributed by atoms with Crippen LogP contribution < -0.4 is 14.2 Å². The summed E-state index contributed by atoms with van der Waals surface area (Å²) < 4.78 is 14.3. The van der Waals surface area contributed by atoms with Crippen LogP contribution in [0.15, 0.2) is 66.7 Å². The molecule has 0 atom stereocenters. The third-order valence-electron chi connectivity index (χ3n) is 5.85. The van der Waals surface area contributed by atoms with E-state index in [1.54, 1.807) is 0 Å². The minimum absolute atomic E-state index is 0.0113. The van der Waals surface area contributed by atoms with E-state index in [0.29, 0.717) is 13.2 Å². The summed E-state index contributed by atoms with van der Waals surface area (Å²) in [4.78, 5) is 12.3. The quantitative estimate of drug-likeness (QED) is 0.203. The average Bonchev–Trinajstić information content (AvgIpc) is 2.91. The van der Waals surface area contributed by atoms with E-state index in [-0.39, 0.29) is 5.91 Å². The van der Waals surface area contributed by atoms with Gasteiger partial charge >= 0.3 is 0 Å². The van der Waals surface area contributed by atoms with Gasteiger partial charge in [-0.05, 0) is 52.9 Å². The Balaban J connectivity index is 1.20. The Hall–Kier alpha value is -2.57. The van der Waals surface area contributed by atoms with Crippen molar-refractivity contribution in [1.82, 2.24) is 4.72 Å². The van der Waals surface area contributed by atoms with Gasteiger partial charge in [-0.2, -0.15) is 11.8 Å². The molecule has 1 amide bonds. The van der Waals surface area contributed by atoms with Crippen LogP contribution in [0.5, 0.6) is 11.5 Å². The van der Waals surface area contributed by atoms with Gasteiger partial charge in [-0.15, -0.1) is 0 Å². The van der Waals surface area contributed by atoms with Crippen LogP contribution >= 0.6 is 23.7 Å². The highest BCUT2D eigenvalue weighted by atomic mass is 32.2. The highest BCUT2D eigenvalue weighted by molar-refractivity contribution is 7.98. The maximum absolute atomic E-state index is 12.3. The van der Waals surface area contributed by atoms with E-state index in [2.05, 4.69) is 60.2 Å². The number of thioether (sulfide) groups is 1. The van der Waals surface area contributed by atoms with Crippen LogP contribution in [0, 0.1) is 0 Å². The molecular formula is C29H33NO3S2. The number of unbranched alkanes of at least 4 members (excludes halogenated alkanes) is 3. The molecule has 0 fully saturated rings.